The van der Waals surface area contributed by atoms with Gasteiger partial charge in [0.15, 0.2) is 5.78 Å². The standard InChI is InChI=1S/C22H24O3/c1-15-19-5-4-6-20(23)22(19,2)14-18(21(15)24)13-17-9-7-16(8-10-17)11-12-25-3/h7-10,13,20,23H,4-6,14H2,1-3H3/t20-,22-/m0/s1. The summed E-state index contributed by atoms with van der Waals surface area (Å²) in [5.41, 5.74) is 4.27. The summed E-state index contributed by atoms with van der Waals surface area (Å²) in [5.74, 6) is 3.01. The van der Waals surface area contributed by atoms with Gasteiger partial charge in [0.2, 0.25) is 0 Å². The van der Waals surface area contributed by atoms with Gasteiger partial charge in [-0.1, -0.05) is 24.6 Å². The van der Waals surface area contributed by atoms with E-state index in [1.54, 1.807) is 0 Å². The Morgan fingerprint density at radius 1 is 1.32 bits per heavy atom. The Morgan fingerprint density at radius 3 is 2.72 bits per heavy atom. The number of methoxy groups -OCH3 is 1. The van der Waals surface area contributed by atoms with E-state index in [0.29, 0.717) is 6.42 Å². The first-order chi connectivity index (χ1) is 12.0. The van der Waals surface area contributed by atoms with Crippen LogP contribution in [0.5, 0.6) is 0 Å². The minimum Gasteiger partial charge on any atom is -0.450 e. The molecule has 0 spiro atoms. The van der Waals surface area contributed by atoms with Gasteiger partial charge >= 0.3 is 0 Å². The van der Waals surface area contributed by atoms with Gasteiger partial charge in [-0.25, -0.2) is 0 Å². The fraction of sp³-hybridized carbons (Fsp3) is 0.409. The number of ether oxygens (including phenoxy) is 1. The molecule has 1 fully saturated rings. The molecule has 1 saturated carbocycles. The van der Waals surface area contributed by atoms with Crippen LogP contribution in [0.2, 0.25) is 0 Å². The van der Waals surface area contributed by atoms with Crippen molar-refractivity contribution in [3.05, 3.63) is 52.1 Å². The summed E-state index contributed by atoms with van der Waals surface area (Å²) in [4.78, 5) is 12.8. The number of hydrogen-bond donors (Lipinski definition) is 1. The monoisotopic (exact) mass is 336 g/mol. The number of aliphatic hydroxyl groups excluding tert-OH is 1. The van der Waals surface area contributed by atoms with E-state index in [1.165, 1.54) is 7.11 Å². The van der Waals surface area contributed by atoms with Gasteiger partial charge in [-0.15, -0.1) is 0 Å². The molecule has 0 unspecified atom stereocenters. The summed E-state index contributed by atoms with van der Waals surface area (Å²) < 4.78 is 4.75. The van der Waals surface area contributed by atoms with Crippen LogP contribution in [0, 0.1) is 17.4 Å². The third-order valence-electron chi connectivity index (χ3n) is 5.52. The highest BCUT2D eigenvalue weighted by Crippen LogP contribution is 2.50. The number of carbonyl (C=O) groups is 1. The van der Waals surface area contributed by atoms with Gasteiger partial charge in [-0.3, -0.25) is 4.79 Å². The van der Waals surface area contributed by atoms with Crippen molar-refractivity contribution < 1.29 is 14.6 Å². The van der Waals surface area contributed by atoms with E-state index >= 15 is 0 Å². The maximum atomic E-state index is 12.8. The van der Waals surface area contributed by atoms with Crippen LogP contribution in [0.1, 0.15) is 50.7 Å². The number of ketones is 1. The van der Waals surface area contributed by atoms with E-state index < -0.39 is 0 Å². The minimum atomic E-state index is -0.380. The molecule has 0 saturated heterocycles. The Kier molecular flexibility index (Phi) is 4.83. The summed E-state index contributed by atoms with van der Waals surface area (Å²) in [5, 5.41) is 10.6. The Balaban J connectivity index is 1.94. The molecule has 0 heterocycles. The molecule has 0 aliphatic heterocycles. The molecule has 3 heteroatoms. The highest BCUT2D eigenvalue weighted by atomic mass is 16.5. The van der Waals surface area contributed by atoms with Crippen molar-refractivity contribution in [2.75, 3.05) is 7.11 Å². The first-order valence-electron chi connectivity index (χ1n) is 8.73. The van der Waals surface area contributed by atoms with Gasteiger partial charge in [-0.05, 0) is 67.9 Å². The van der Waals surface area contributed by atoms with Crippen molar-refractivity contribution in [2.45, 2.75) is 45.6 Å². The number of rotatable bonds is 1. The Morgan fingerprint density at radius 2 is 2.04 bits per heavy atom. The number of benzene rings is 1. The van der Waals surface area contributed by atoms with Crippen LogP contribution in [0.25, 0.3) is 6.08 Å². The van der Waals surface area contributed by atoms with Crippen molar-refractivity contribution in [1.29, 1.82) is 0 Å². The fourth-order valence-electron chi connectivity index (χ4n) is 4.06. The predicted molar refractivity (Wildman–Crippen MR) is 98.6 cm³/mol. The van der Waals surface area contributed by atoms with E-state index in [-0.39, 0.29) is 17.3 Å². The molecule has 0 aromatic heterocycles. The van der Waals surface area contributed by atoms with Gasteiger partial charge in [0.05, 0.1) is 13.2 Å². The molecule has 1 aromatic rings. The van der Waals surface area contributed by atoms with Gasteiger partial charge < -0.3 is 9.84 Å². The van der Waals surface area contributed by atoms with Gasteiger partial charge in [0, 0.05) is 16.6 Å². The largest absolute Gasteiger partial charge is 0.450 e. The second kappa shape index (κ2) is 6.90. The fourth-order valence-corrected chi connectivity index (χ4v) is 4.06. The predicted octanol–water partition coefficient (Wildman–Crippen LogP) is 3.87. The summed E-state index contributed by atoms with van der Waals surface area (Å²) in [6, 6.07) is 7.73. The second-order valence-corrected chi connectivity index (χ2v) is 7.16. The summed E-state index contributed by atoms with van der Waals surface area (Å²) >= 11 is 0. The number of allylic oxidation sites excluding steroid dienone is 2. The normalized spacial score (nSPS) is 27.6. The number of Topliss-reactive ketones (excluding diaryl/α,β-unsaturated/α-hetero) is 1. The molecule has 130 valence electrons. The number of hydrogen-bond acceptors (Lipinski definition) is 3. The van der Waals surface area contributed by atoms with Crippen LogP contribution in [-0.4, -0.2) is 24.1 Å². The third kappa shape index (κ3) is 3.27. The SMILES string of the molecule is COC#Cc1ccc(C=C2C[C@@]3(C)C(=C(C)C2=O)CCC[C@@H]3O)cc1. The number of carbonyl (C=O) groups excluding carboxylic acids is 1. The molecular weight excluding hydrogens is 312 g/mol. The van der Waals surface area contributed by atoms with Crippen LogP contribution in [0.15, 0.2) is 41.0 Å². The Labute approximate surface area is 149 Å². The molecule has 2 aliphatic rings. The lowest BCUT2D eigenvalue weighted by atomic mass is 9.61. The molecule has 2 atom stereocenters. The highest BCUT2D eigenvalue weighted by Gasteiger charge is 2.45. The first-order valence-corrected chi connectivity index (χ1v) is 8.73. The smallest absolute Gasteiger partial charge is 0.184 e. The molecule has 0 radical (unpaired) electrons. The lowest BCUT2D eigenvalue weighted by Gasteiger charge is -2.45. The van der Waals surface area contributed by atoms with Crippen LogP contribution in [-0.2, 0) is 9.53 Å². The maximum Gasteiger partial charge on any atom is 0.184 e. The summed E-state index contributed by atoms with van der Waals surface area (Å²) in [6.45, 7) is 4.00. The molecule has 0 bridgehead atoms. The highest BCUT2D eigenvalue weighted by molar-refractivity contribution is 6.12. The number of aliphatic hydroxyl groups is 1. The van der Waals surface area contributed by atoms with E-state index in [2.05, 4.69) is 19.0 Å². The van der Waals surface area contributed by atoms with Crippen molar-refractivity contribution in [3.8, 4) is 12.0 Å². The van der Waals surface area contributed by atoms with E-state index in [9.17, 15) is 9.90 Å². The van der Waals surface area contributed by atoms with Crippen molar-refractivity contribution in [2.24, 2.45) is 5.41 Å². The van der Waals surface area contributed by atoms with E-state index in [4.69, 9.17) is 4.74 Å². The average Bonchev–Trinajstić information content (AvgIpc) is 2.61. The second-order valence-electron chi connectivity index (χ2n) is 7.16. The third-order valence-corrected chi connectivity index (χ3v) is 5.52. The maximum absolute atomic E-state index is 12.8. The molecule has 3 nitrogen and oxygen atoms in total. The first kappa shape index (κ1) is 17.5. The molecule has 1 aromatic carbocycles. The number of fused-ring (bicyclic) bond motifs is 1. The lowest BCUT2D eigenvalue weighted by molar-refractivity contribution is -0.113. The van der Waals surface area contributed by atoms with Crippen LogP contribution >= 0.6 is 0 Å². The van der Waals surface area contributed by atoms with Crippen LogP contribution in [0.3, 0.4) is 0 Å². The quantitative estimate of drug-likeness (QED) is 0.625. The lowest BCUT2D eigenvalue weighted by Crippen LogP contribution is -2.42. The van der Waals surface area contributed by atoms with E-state index in [0.717, 1.165) is 47.1 Å². The van der Waals surface area contributed by atoms with Gasteiger partial charge in [-0.2, -0.15) is 0 Å². The molecule has 2 aliphatic carbocycles. The Hall–Kier alpha value is -2.31. The average molecular weight is 336 g/mol. The zero-order valence-electron chi connectivity index (χ0n) is 15.1. The molecule has 25 heavy (non-hydrogen) atoms. The zero-order chi connectivity index (χ0) is 18.0. The topological polar surface area (TPSA) is 46.5 Å². The minimum absolute atomic E-state index is 0.116. The van der Waals surface area contributed by atoms with Crippen LogP contribution in [0.4, 0.5) is 0 Å². The van der Waals surface area contributed by atoms with Crippen molar-refractivity contribution in [1.82, 2.24) is 0 Å². The van der Waals surface area contributed by atoms with Crippen LogP contribution < -0.4 is 0 Å². The van der Waals surface area contributed by atoms with Crippen molar-refractivity contribution >= 4 is 11.9 Å². The molecule has 0 amide bonds. The van der Waals surface area contributed by atoms with Gasteiger partial charge in [0.25, 0.3) is 0 Å². The zero-order valence-corrected chi connectivity index (χ0v) is 15.1. The van der Waals surface area contributed by atoms with E-state index in [1.807, 2.05) is 37.3 Å². The summed E-state index contributed by atoms with van der Waals surface area (Å²) in [6.07, 6.45) is 7.42. The molecule has 1 N–H and O–H groups in total. The summed E-state index contributed by atoms with van der Waals surface area (Å²) in [7, 11) is 1.53. The van der Waals surface area contributed by atoms with Gasteiger partial charge in [0.1, 0.15) is 6.11 Å². The Bertz CT molecular complexity index is 802. The molecule has 3 rings (SSSR count). The molecular formula is C22H24O3. The van der Waals surface area contributed by atoms with Crippen molar-refractivity contribution in [3.63, 3.8) is 0 Å².